The summed E-state index contributed by atoms with van der Waals surface area (Å²) >= 11 is 0. The summed E-state index contributed by atoms with van der Waals surface area (Å²) in [6.45, 7) is 25.0. The Labute approximate surface area is 164 Å². The summed E-state index contributed by atoms with van der Waals surface area (Å²) in [7, 11) is 2.01. The highest BCUT2D eigenvalue weighted by Gasteiger charge is 2.22. The van der Waals surface area contributed by atoms with Gasteiger partial charge in [-0.1, -0.05) is 69.2 Å². The molecule has 0 aromatic heterocycles. The molecule has 158 valence electrons. The van der Waals surface area contributed by atoms with Crippen LogP contribution in [0.25, 0.3) is 0 Å². The van der Waals surface area contributed by atoms with Crippen molar-refractivity contribution in [2.24, 2.45) is 11.8 Å². The summed E-state index contributed by atoms with van der Waals surface area (Å²) in [4.78, 5) is 27.5. The van der Waals surface area contributed by atoms with Crippen LogP contribution >= 0.6 is 0 Å². The van der Waals surface area contributed by atoms with Gasteiger partial charge in [-0.05, 0) is 40.0 Å². The molecule has 0 aliphatic carbocycles. The van der Waals surface area contributed by atoms with E-state index in [-0.39, 0.29) is 23.9 Å². The third-order valence-electron chi connectivity index (χ3n) is 4.66. The van der Waals surface area contributed by atoms with Gasteiger partial charge >= 0.3 is 0 Å². The molecule has 0 unspecified atom stereocenters. The van der Waals surface area contributed by atoms with Gasteiger partial charge in [-0.3, -0.25) is 19.4 Å². The first-order valence-corrected chi connectivity index (χ1v) is 10.6. The van der Waals surface area contributed by atoms with Crippen LogP contribution in [-0.4, -0.2) is 60.1 Å². The van der Waals surface area contributed by atoms with Crippen LogP contribution in [0.1, 0.15) is 82.6 Å². The lowest BCUT2D eigenvalue weighted by molar-refractivity contribution is -0.127. The van der Waals surface area contributed by atoms with Crippen molar-refractivity contribution in [1.29, 1.82) is 0 Å². The first-order valence-electron chi connectivity index (χ1n) is 10.6. The number of nitrogens with zero attached hydrogens (tertiary/aromatic N) is 2. The van der Waals surface area contributed by atoms with E-state index in [0.29, 0.717) is 11.6 Å². The maximum absolute atomic E-state index is 11.6. The SMILES string of the molecule is CC.CCN(CC)[C@@H](C)C(=O)C(C)C.CC[C@H](C(=O)C(C)C)N(C)CC. The van der Waals surface area contributed by atoms with Crippen LogP contribution in [0.5, 0.6) is 0 Å². The topological polar surface area (TPSA) is 40.6 Å². The Morgan fingerprint density at radius 3 is 1.35 bits per heavy atom. The second kappa shape index (κ2) is 17.7. The number of ketones is 2. The van der Waals surface area contributed by atoms with Crippen molar-refractivity contribution in [3.63, 3.8) is 0 Å². The predicted molar refractivity (Wildman–Crippen MR) is 116 cm³/mol. The monoisotopic (exact) mass is 372 g/mol. The van der Waals surface area contributed by atoms with E-state index in [0.717, 1.165) is 26.1 Å². The van der Waals surface area contributed by atoms with E-state index in [4.69, 9.17) is 0 Å². The first-order chi connectivity index (χ1) is 12.1. The summed E-state index contributed by atoms with van der Waals surface area (Å²) in [5.74, 6) is 1.02. The van der Waals surface area contributed by atoms with Crippen molar-refractivity contribution in [3.05, 3.63) is 0 Å². The maximum atomic E-state index is 11.6. The van der Waals surface area contributed by atoms with Gasteiger partial charge in [0.15, 0.2) is 11.6 Å². The average molecular weight is 373 g/mol. The molecule has 0 rings (SSSR count). The van der Waals surface area contributed by atoms with E-state index in [1.54, 1.807) is 0 Å². The van der Waals surface area contributed by atoms with Gasteiger partial charge in [0, 0.05) is 11.8 Å². The molecule has 0 saturated carbocycles. The summed E-state index contributed by atoms with van der Waals surface area (Å²) in [5, 5.41) is 0. The molecule has 0 aromatic rings. The number of hydrogen-bond acceptors (Lipinski definition) is 4. The molecule has 0 heterocycles. The second-order valence-electron chi connectivity index (χ2n) is 7.01. The van der Waals surface area contributed by atoms with Crippen molar-refractivity contribution in [2.45, 2.75) is 94.7 Å². The van der Waals surface area contributed by atoms with Gasteiger partial charge in [-0.2, -0.15) is 0 Å². The van der Waals surface area contributed by atoms with Gasteiger partial charge in [0.25, 0.3) is 0 Å². The third-order valence-corrected chi connectivity index (χ3v) is 4.66. The minimum absolute atomic E-state index is 0.0833. The highest BCUT2D eigenvalue weighted by molar-refractivity contribution is 5.85. The van der Waals surface area contributed by atoms with Crippen molar-refractivity contribution in [2.75, 3.05) is 26.7 Å². The second-order valence-corrected chi connectivity index (χ2v) is 7.01. The molecule has 4 heteroatoms. The molecule has 2 atom stereocenters. The van der Waals surface area contributed by atoms with Gasteiger partial charge in [-0.25, -0.2) is 0 Å². The number of likely N-dealkylation sites (N-methyl/N-ethyl adjacent to an activating group) is 2. The standard InChI is InChI=1S/2C10H21NO.C2H6/c1-6-9(11(5)7-2)10(12)8(3)4;1-6-11(7-2)9(5)10(12)8(3)4;1-2/h2*8-9H,6-7H2,1-5H3;1-2H3/t2*9-;/m10./s1. The van der Waals surface area contributed by atoms with Crippen LogP contribution in [0.4, 0.5) is 0 Å². The molecule has 0 aromatic carbocycles. The van der Waals surface area contributed by atoms with Crippen LogP contribution < -0.4 is 0 Å². The zero-order valence-corrected chi connectivity index (χ0v) is 19.8. The molecule has 0 aliphatic rings. The lowest BCUT2D eigenvalue weighted by atomic mass is 9.99. The molecule has 0 aliphatic heterocycles. The van der Waals surface area contributed by atoms with Gasteiger partial charge < -0.3 is 0 Å². The van der Waals surface area contributed by atoms with E-state index in [1.807, 2.05) is 55.5 Å². The minimum atomic E-state index is 0.0833. The molecule has 26 heavy (non-hydrogen) atoms. The molecule has 0 bridgehead atoms. The number of rotatable bonds is 10. The highest BCUT2D eigenvalue weighted by atomic mass is 16.1. The largest absolute Gasteiger partial charge is 0.298 e. The molecule has 0 radical (unpaired) electrons. The van der Waals surface area contributed by atoms with Crippen LogP contribution in [-0.2, 0) is 9.59 Å². The van der Waals surface area contributed by atoms with Crippen LogP contribution in [0.15, 0.2) is 0 Å². The fourth-order valence-corrected chi connectivity index (χ4v) is 2.77. The van der Waals surface area contributed by atoms with E-state index >= 15 is 0 Å². The smallest absolute Gasteiger partial charge is 0.152 e. The van der Waals surface area contributed by atoms with E-state index in [9.17, 15) is 9.59 Å². The predicted octanol–water partition coefficient (Wildman–Crippen LogP) is 4.91. The lowest BCUT2D eigenvalue weighted by Crippen LogP contribution is -2.40. The Morgan fingerprint density at radius 1 is 0.731 bits per heavy atom. The number of carbonyl (C=O) groups is 2. The van der Waals surface area contributed by atoms with Gasteiger partial charge in [0.2, 0.25) is 0 Å². The highest BCUT2D eigenvalue weighted by Crippen LogP contribution is 2.09. The van der Waals surface area contributed by atoms with Crippen LogP contribution in [0, 0.1) is 11.8 Å². The number of carbonyl (C=O) groups excluding carboxylic acids is 2. The zero-order valence-electron chi connectivity index (χ0n) is 19.8. The quantitative estimate of drug-likeness (QED) is 0.546. The first kappa shape index (κ1) is 30.0. The maximum Gasteiger partial charge on any atom is 0.152 e. The molecule has 0 fully saturated rings. The Kier molecular flexibility index (Phi) is 20.4. The number of Topliss-reactive ketones (excluding diaryl/α,β-unsaturated/α-hetero) is 2. The Bertz CT molecular complexity index is 350. The molecule has 0 spiro atoms. The van der Waals surface area contributed by atoms with E-state index in [2.05, 4.69) is 37.5 Å². The fourth-order valence-electron chi connectivity index (χ4n) is 2.77. The summed E-state index contributed by atoms with van der Waals surface area (Å²) in [6.07, 6.45) is 0.918. The van der Waals surface area contributed by atoms with Crippen LogP contribution in [0.2, 0.25) is 0 Å². The lowest BCUT2D eigenvalue weighted by Gasteiger charge is -2.26. The average Bonchev–Trinajstić information content (AvgIpc) is 2.64. The summed E-state index contributed by atoms with van der Waals surface area (Å²) in [5.41, 5.74) is 0. The zero-order chi connectivity index (χ0) is 21.4. The van der Waals surface area contributed by atoms with E-state index < -0.39 is 0 Å². The molecular weight excluding hydrogens is 324 g/mol. The van der Waals surface area contributed by atoms with Crippen molar-refractivity contribution >= 4 is 11.6 Å². The van der Waals surface area contributed by atoms with Gasteiger partial charge in [-0.15, -0.1) is 0 Å². The summed E-state index contributed by atoms with van der Waals surface area (Å²) in [6, 6.07) is 0.204. The Hall–Kier alpha value is -0.740. The third kappa shape index (κ3) is 11.8. The Morgan fingerprint density at radius 2 is 1.12 bits per heavy atom. The molecule has 0 amide bonds. The fraction of sp³-hybridized carbons (Fsp3) is 0.909. The van der Waals surface area contributed by atoms with Crippen LogP contribution in [0.3, 0.4) is 0 Å². The van der Waals surface area contributed by atoms with Gasteiger partial charge in [0.1, 0.15) is 0 Å². The van der Waals surface area contributed by atoms with Gasteiger partial charge in [0.05, 0.1) is 12.1 Å². The van der Waals surface area contributed by atoms with E-state index in [1.165, 1.54) is 0 Å². The molecule has 0 saturated heterocycles. The Balaban J connectivity index is -0.000000371. The molecular formula is C22H48N2O2. The number of hydrogen-bond donors (Lipinski definition) is 0. The van der Waals surface area contributed by atoms with Crippen molar-refractivity contribution < 1.29 is 9.59 Å². The summed E-state index contributed by atoms with van der Waals surface area (Å²) < 4.78 is 0. The minimum Gasteiger partial charge on any atom is -0.298 e. The molecule has 4 nitrogen and oxygen atoms in total. The van der Waals surface area contributed by atoms with Crippen molar-refractivity contribution in [3.8, 4) is 0 Å². The van der Waals surface area contributed by atoms with Crippen molar-refractivity contribution in [1.82, 2.24) is 9.80 Å². The normalized spacial score (nSPS) is 13.1. The molecule has 0 N–H and O–H groups in total.